The molecule has 1 N–H and O–H groups in total. The zero-order valence-electron chi connectivity index (χ0n) is 7.45. The Kier molecular flexibility index (Phi) is 1.79. The second-order valence-electron chi connectivity index (χ2n) is 3.54. The van der Waals surface area contributed by atoms with Crippen LogP contribution in [0.15, 0.2) is 12.3 Å². The Morgan fingerprint density at radius 3 is 2.92 bits per heavy atom. The molecule has 0 amide bonds. The van der Waals surface area contributed by atoms with Crippen molar-refractivity contribution in [1.82, 2.24) is 4.98 Å². The van der Waals surface area contributed by atoms with Crippen LogP contribution < -0.4 is 0 Å². The number of pyridine rings is 1. The van der Waals surface area contributed by atoms with Crippen molar-refractivity contribution in [3.8, 4) is 0 Å². The highest BCUT2D eigenvalue weighted by Gasteiger charge is 2.27. The van der Waals surface area contributed by atoms with Crippen molar-refractivity contribution >= 4 is 5.97 Å². The summed E-state index contributed by atoms with van der Waals surface area (Å²) >= 11 is 0. The average molecular weight is 177 g/mol. The highest BCUT2D eigenvalue weighted by Crippen LogP contribution is 2.26. The summed E-state index contributed by atoms with van der Waals surface area (Å²) in [6.45, 7) is 1.92. The van der Waals surface area contributed by atoms with Crippen molar-refractivity contribution in [2.45, 2.75) is 19.8 Å². The Morgan fingerprint density at radius 1 is 1.54 bits per heavy atom. The maximum atomic E-state index is 10.7. The zero-order valence-corrected chi connectivity index (χ0v) is 7.45. The number of aryl methyl sites for hydroxylation is 1. The van der Waals surface area contributed by atoms with E-state index in [2.05, 4.69) is 4.98 Å². The van der Waals surface area contributed by atoms with Gasteiger partial charge in [0.25, 0.3) is 0 Å². The molecule has 1 heterocycles. The van der Waals surface area contributed by atoms with Gasteiger partial charge in [-0.05, 0) is 37.0 Å². The molecule has 1 aromatic rings. The third-order valence-corrected chi connectivity index (χ3v) is 2.50. The Morgan fingerprint density at radius 2 is 2.23 bits per heavy atom. The minimum absolute atomic E-state index is 0.237. The summed E-state index contributed by atoms with van der Waals surface area (Å²) in [5.41, 5.74) is 3.21. The highest BCUT2D eigenvalue weighted by atomic mass is 16.4. The number of carboxylic acid groups (broad SMARTS) is 1. The van der Waals surface area contributed by atoms with E-state index in [0.717, 1.165) is 16.8 Å². The van der Waals surface area contributed by atoms with Gasteiger partial charge in [0.15, 0.2) is 0 Å². The van der Waals surface area contributed by atoms with Crippen LogP contribution in [0.2, 0.25) is 0 Å². The summed E-state index contributed by atoms with van der Waals surface area (Å²) in [7, 11) is 0. The lowest BCUT2D eigenvalue weighted by molar-refractivity contribution is -0.141. The van der Waals surface area contributed by atoms with Crippen LogP contribution in [0.25, 0.3) is 0 Å². The fourth-order valence-corrected chi connectivity index (χ4v) is 1.80. The summed E-state index contributed by atoms with van der Waals surface area (Å²) < 4.78 is 0. The van der Waals surface area contributed by atoms with Crippen molar-refractivity contribution in [2.24, 2.45) is 5.92 Å². The van der Waals surface area contributed by atoms with E-state index >= 15 is 0 Å². The lowest BCUT2D eigenvalue weighted by Crippen LogP contribution is -2.12. The predicted octanol–water partition coefficient (Wildman–Crippen LogP) is 1.19. The molecule has 0 aromatic carbocycles. The molecule has 1 aliphatic carbocycles. The first-order valence-electron chi connectivity index (χ1n) is 4.34. The minimum atomic E-state index is -0.700. The lowest BCUT2D eigenvalue weighted by atomic mass is 10.1. The Bertz CT molecular complexity index is 360. The Hall–Kier alpha value is -1.38. The molecule has 0 fully saturated rings. The number of rotatable bonds is 1. The summed E-state index contributed by atoms with van der Waals surface area (Å²) in [6.07, 6.45) is 3.10. The molecule has 1 aromatic heterocycles. The first-order chi connectivity index (χ1) is 6.16. The monoisotopic (exact) mass is 177 g/mol. The number of nitrogens with zero attached hydrogens (tertiary/aromatic N) is 1. The summed E-state index contributed by atoms with van der Waals surface area (Å²) in [4.78, 5) is 14.9. The topological polar surface area (TPSA) is 50.2 Å². The molecule has 13 heavy (non-hydrogen) atoms. The average Bonchev–Trinajstić information content (AvgIpc) is 2.46. The number of carboxylic acids is 1. The van der Waals surface area contributed by atoms with Crippen LogP contribution in [0.5, 0.6) is 0 Å². The van der Waals surface area contributed by atoms with Crippen LogP contribution >= 0.6 is 0 Å². The van der Waals surface area contributed by atoms with Gasteiger partial charge in [-0.1, -0.05) is 0 Å². The summed E-state index contributed by atoms with van der Waals surface area (Å²) in [5.74, 6) is -0.938. The first kappa shape index (κ1) is 8.23. The van der Waals surface area contributed by atoms with Crippen LogP contribution in [0, 0.1) is 12.8 Å². The number of aromatic nitrogens is 1. The number of aliphatic carboxylic acids is 1. The lowest BCUT2D eigenvalue weighted by Gasteiger charge is -1.98. The van der Waals surface area contributed by atoms with E-state index in [9.17, 15) is 4.79 Å². The van der Waals surface area contributed by atoms with Crippen LogP contribution in [0.3, 0.4) is 0 Å². The van der Waals surface area contributed by atoms with Crippen molar-refractivity contribution in [1.29, 1.82) is 0 Å². The van der Waals surface area contributed by atoms with E-state index in [1.165, 1.54) is 0 Å². The van der Waals surface area contributed by atoms with E-state index in [1.54, 1.807) is 6.20 Å². The molecular formula is C10H11NO2. The third-order valence-electron chi connectivity index (χ3n) is 2.50. The molecule has 3 heteroatoms. The molecule has 3 nitrogen and oxygen atoms in total. The van der Waals surface area contributed by atoms with Gasteiger partial charge >= 0.3 is 5.97 Å². The molecule has 0 spiro atoms. The van der Waals surface area contributed by atoms with Crippen molar-refractivity contribution < 1.29 is 9.90 Å². The SMILES string of the molecule is Cc1cc2c(cn1)CC(C(=O)O)C2. The van der Waals surface area contributed by atoms with E-state index in [-0.39, 0.29) is 5.92 Å². The van der Waals surface area contributed by atoms with Gasteiger partial charge in [0, 0.05) is 11.9 Å². The van der Waals surface area contributed by atoms with Crippen molar-refractivity contribution in [3.05, 3.63) is 29.1 Å². The molecule has 0 aliphatic heterocycles. The number of carbonyl (C=O) groups is 1. The van der Waals surface area contributed by atoms with Crippen LogP contribution in [0.4, 0.5) is 0 Å². The summed E-state index contributed by atoms with van der Waals surface area (Å²) in [6, 6.07) is 1.98. The van der Waals surface area contributed by atoms with Gasteiger partial charge in [-0.25, -0.2) is 0 Å². The van der Waals surface area contributed by atoms with E-state index in [1.807, 2.05) is 13.0 Å². The zero-order chi connectivity index (χ0) is 9.42. The minimum Gasteiger partial charge on any atom is -0.481 e. The molecular weight excluding hydrogens is 166 g/mol. The van der Waals surface area contributed by atoms with Gasteiger partial charge < -0.3 is 5.11 Å². The molecule has 1 atom stereocenters. The van der Waals surface area contributed by atoms with Crippen LogP contribution in [-0.4, -0.2) is 16.1 Å². The normalized spacial score (nSPS) is 19.9. The number of hydrogen-bond donors (Lipinski definition) is 1. The Balaban J connectivity index is 2.30. The van der Waals surface area contributed by atoms with Gasteiger partial charge in [-0.2, -0.15) is 0 Å². The van der Waals surface area contributed by atoms with Gasteiger partial charge in [0.05, 0.1) is 5.92 Å². The molecule has 0 saturated heterocycles. The highest BCUT2D eigenvalue weighted by molar-refractivity contribution is 5.72. The van der Waals surface area contributed by atoms with Gasteiger partial charge in [0.1, 0.15) is 0 Å². The predicted molar refractivity (Wildman–Crippen MR) is 47.5 cm³/mol. The van der Waals surface area contributed by atoms with E-state index < -0.39 is 5.97 Å². The van der Waals surface area contributed by atoms with Gasteiger partial charge in [0.2, 0.25) is 0 Å². The fourth-order valence-electron chi connectivity index (χ4n) is 1.80. The Labute approximate surface area is 76.4 Å². The molecule has 1 aliphatic rings. The van der Waals surface area contributed by atoms with E-state index in [4.69, 9.17) is 5.11 Å². The maximum absolute atomic E-state index is 10.7. The fraction of sp³-hybridized carbons (Fsp3) is 0.400. The van der Waals surface area contributed by atoms with Crippen molar-refractivity contribution in [2.75, 3.05) is 0 Å². The van der Waals surface area contributed by atoms with E-state index in [0.29, 0.717) is 12.8 Å². The molecule has 1 unspecified atom stereocenters. The first-order valence-corrected chi connectivity index (χ1v) is 4.34. The largest absolute Gasteiger partial charge is 0.481 e. The second kappa shape index (κ2) is 2.83. The molecule has 0 radical (unpaired) electrons. The molecule has 0 bridgehead atoms. The third kappa shape index (κ3) is 1.41. The standard InChI is InChI=1S/C10H11NO2/c1-6-2-7-3-8(10(12)13)4-9(7)5-11-6/h2,5,8H,3-4H2,1H3,(H,12,13). The molecule has 68 valence electrons. The number of fused-ring (bicyclic) bond motifs is 1. The quantitative estimate of drug-likeness (QED) is 0.701. The molecule has 2 rings (SSSR count). The smallest absolute Gasteiger partial charge is 0.307 e. The maximum Gasteiger partial charge on any atom is 0.307 e. The van der Waals surface area contributed by atoms with Crippen LogP contribution in [-0.2, 0) is 17.6 Å². The van der Waals surface area contributed by atoms with Crippen LogP contribution in [0.1, 0.15) is 16.8 Å². The van der Waals surface area contributed by atoms with Gasteiger partial charge in [-0.3, -0.25) is 9.78 Å². The van der Waals surface area contributed by atoms with Crippen molar-refractivity contribution in [3.63, 3.8) is 0 Å². The summed E-state index contributed by atoms with van der Waals surface area (Å²) in [5, 5.41) is 8.83. The van der Waals surface area contributed by atoms with Gasteiger partial charge in [-0.15, -0.1) is 0 Å². The second-order valence-corrected chi connectivity index (χ2v) is 3.54. The number of hydrogen-bond acceptors (Lipinski definition) is 2. The molecule has 0 saturated carbocycles.